The molecule has 1 unspecified atom stereocenters. The van der Waals surface area contributed by atoms with E-state index in [-0.39, 0.29) is 11.5 Å². The molecule has 1 atom stereocenters. The van der Waals surface area contributed by atoms with Crippen molar-refractivity contribution in [3.05, 3.63) is 34.1 Å². The Morgan fingerprint density at radius 3 is 2.55 bits per heavy atom. The fourth-order valence-corrected chi connectivity index (χ4v) is 2.79. The van der Waals surface area contributed by atoms with Gasteiger partial charge < -0.3 is 4.90 Å². The van der Waals surface area contributed by atoms with E-state index >= 15 is 0 Å². The van der Waals surface area contributed by atoms with E-state index in [9.17, 15) is 9.18 Å². The van der Waals surface area contributed by atoms with Crippen LogP contribution in [0.1, 0.15) is 30.6 Å². The Kier molecular flexibility index (Phi) is 5.16. The van der Waals surface area contributed by atoms with Gasteiger partial charge in [-0.25, -0.2) is 4.39 Å². The van der Waals surface area contributed by atoms with Crippen molar-refractivity contribution in [1.29, 1.82) is 0 Å². The van der Waals surface area contributed by atoms with Gasteiger partial charge in [0.05, 0.1) is 5.56 Å². The Bertz CT molecular complexity index is 487. The van der Waals surface area contributed by atoms with Gasteiger partial charge in [-0.2, -0.15) is 0 Å². The van der Waals surface area contributed by atoms with Gasteiger partial charge in [-0.3, -0.25) is 9.69 Å². The zero-order valence-corrected chi connectivity index (χ0v) is 13.5. The van der Waals surface area contributed by atoms with Crippen molar-refractivity contribution >= 4 is 21.8 Å². The molecule has 110 valence electrons. The summed E-state index contributed by atoms with van der Waals surface area (Å²) in [5, 5.41) is 0. The molecule has 1 aromatic rings. The summed E-state index contributed by atoms with van der Waals surface area (Å²) in [6.07, 6.45) is 1.11. The van der Waals surface area contributed by atoms with Crippen LogP contribution in [0.5, 0.6) is 0 Å². The first-order valence-electron chi connectivity index (χ1n) is 7.01. The summed E-state index contributed by atoms with van der Waals surface area (Å²) < 4.78 is 14.5. The molecule has 0 N–H and O–H groups in total. The van der Waals surface area contributed by atoms with Crippen molar-refractivity contribution < 1.29 is 9.18 Å². The van der Waals surface area contributed by atoms with Crippen LogP contribution in [0.3, 0.4) is 0 Å². The number of hydrogen-bond donors (Lipinski definition) is 0. The molecule has 1 heterocycles. The van der Waals surface area contributed by atoms with Crippen LogP contribution in [0.15, 0.2) is 22.7 Å². The highest BCUT2D eigenvalue weighted by Crippen LogP contribution is 2.18. The van der Waals surface area contributed by atoms with Crippen molar-refractivity contribution in [3.8, 4) is 0 Å². The lowest BCUT2D eigenvalue weighted by Crippen LogP contribution is -2.51. The zero-order valence-electron chi connectivity index (χ0n) is 11.9. The number of nitrogens with zero attached hydrogens (tertiary/aromatic N) is 2. The second-order valence-corrected chi connectivity index (χ2v) is 6.13. The normalized spacial score (nSPS) is 18.1. The second-order valence-electron chi connectivity index (χ2n) is 5.21. The van der Waals surface area contributed by atoms with Crippen LogP contribution in [0.4, 0.5) is 4.39 Å². The Morgan fingerprint density at radius 2 is 2.00 bits per heavy atom. The molecule has 1 aliphatic heterocycles. The number of rotatable bonds is 3. The molecule has 0 aliphatic carbocycles. The van der Waals surface area contributed by atoms with Gasteiger partial charge in [-0.1, -0.05) is 22.9 Å². The van der Waals surface area contributed by atoms with Crippen LogP contribution in [0.2, 0.25) is 0 Å². The molecule has 0 aromatic heterocycles. The molecule has 1 aliphatic rings. The summed E-state index contributed by atoms with van der Waals surface area (Å²) in [7, 11) is 0. The first-order chi connectivity index (χ1) is 9.52. The Morgan fingerprint density at radius 1 is 1.35 bits per heavy atom. The average Bonchev–Trinajstić information content (AvgIpc) is 2.46. The fraction of sp³-hybridized carbons (Fsp3) is 0.533. The summed E-state index contributed by atoms with van der Waals surface area (Å²) in [6, 6.07) is 5.12. The van der Waals surface area contributed by atoms with Crippen molar-refractivity contribution in [3.63, 3.8) is 0 Å². The lowest BCUT2D eigenvalue weighted by molar-refractivity contribution is 0.0575. The largest absolute Gasteiger partial charge is 0.336 e. The maximum atomic E-state index is 13.8. The highest BCUT2D eigenvalue weighted by atomic mass is 79.9. The molecular weight excluding hydrogens is 323 g/mol. The number of carbonyl (C=O) groups is 1. The molecule has 2 rings (SSSR count). The van der Waals surface area contributed by atoms with Crippen molar-refractivity contribution in [2.75, 3.05) is 26.2 Å². The third-order valence-corrected chi connectivity index (χ3v) is 4.47. The van der Waals surface area contributed by atoms with Crippen LogP contribution in [-0.4, -0.2) is 47.9 Å². The number of benzene rings is 1. The molecule has 1 fully saturated rings. The van der Waals surface area contributed by atoms with Gasteiger partial charge in [0.2, 0.25) is 0 Å². The van der Waals surface area contributed by atoms with Crippen LogP contribution >= 0.6 is 15.9 Å². The number of carbonyl (C=O) groups excluding carboxylic acids is 1. The van der Waals surface area contributed by atoms with Crippen LogP contribution in [0.25, 0.3) is 0 Å². The van der Waals surface area contributed by atoms with Gasteiger partial charge in [0.15, 0.2) is 0 Å². The molecular formula is C15H20BrFN2O. The summed E-state index contributed by atoms with van der Waals surface area (Å²) in [5.74, 6) is -0.674. The Balaban J connectivity index is 2.01. The van der Waals surface area contributed by atoms with Crippen molar-refractivity contribution in [1.82, 2.24) is 9.80 Å². The van der Waals surface area contributed by atoms with E-state index in [1.54, 1.807) is 17.0 Å². The summed E-state index contributed by atoms with van der Waals surface area (Å²) in [6.45, 7) is 7.42. The van der Waals surface area contributed by atoms with E-state index in [4.69, 9.17) is 0 Å². The molecule has 20 heavy (non-hydrogen) atoms. The zero-order chi connectivity index (χ0) is 14.7. The standard InChI is InChI=1S/C15H20BrFN2O/c1-3-11(2)18-6-8-19(9-7-18)15(20)13-5-4-12(16)10-14(13)17/h4-5,10-11H,3,6-9H2,1-2H3. The number of hydrogen-bond acceptors (Lipinski definition) is 2. The molecule has 0 bridgehead atoms. The van der Waals surface area contributed by atoms with E-state index in [1.807, 2.05) is 0 Å². The molecule has 1 amide bonds. The minimum absolute atomic E-state index is 0.158. The predicted molar refractivity (Wildman–Crippen MR) is 81.3 cm³/mol. The van der Waals surface area contributed by atoms with E-state index in [0.29, 0.717) is 23.6 Å². The van der Waals surface area contributed by atoms with Crippen LogP contribution in [0, 0.1) is 5.82 Å². The quantitative estimate of drug-likeness (QED) is 0.842. The topological polar surface area (TPSA) is 23.6 Å². The lowest BCUT2D eigenvalue weighted by Gasteiger charge is -2.37. The highest BCUT2D eigenvalue weighted by Gasteiger charge is 2.25. The van der Waals surface area contributed by atoms with Gasteiger partial charge in [-0.05, 0) is 31.5 Å². The van der Waals surface area contributed by atoms with Crippen molar-refractivity contribution in [2.45, 2.75) is 26.3 Å². The smallest absolute Gasteiger partial charge is 0.256 e. The van der Waals surface area contributed by atoms with E-state index in [2.05, 4.69) is 34.7 Å². The number of piperazine rings is 1. The summed E-state index contributed by atoms with van der Waals surface area (Å²) >= 11 is 3.20. The molecule has 0 radical (unpaired) electrons. The van der Waals surface area contributed by atoms with Gasteiger partial charge in [0.1, 0.15) is 5.82 Å². The highest BCUT2D eigenvalue weighted by molar-refractivity contribution is 9.10. The predicted octanol–water partition coefficient (Wildman–Crippen LogP) is 3.14. The summed E-state index contributed by atoms with van der Waals surface area (Å²) in [5.41, 5.74) is 0.158. The molecule has 1 saturated heterocycles. The maximum absolute atomic E-state index is 13.8. The molecule has 3 nitrogen and oxygen atoms in total. The first kappa shape index (κ1) is 15.4. The molecule has 0 saturated carbocycles. The van der Waals surface area contributed by atoms with E-state index in [0.717, 1.165) is 19.5 Å². The first-order valence-corrected chi connectivity index (χ1v) is 7.80. The van der Waals surface area contributed by atoms with E-state index < -0.39 is 5.82 Å². The van der Waals surface area contributed by atoms with Gasteiger partial charge in [0, 0.05) is 36.7 Å². The molecule has 1 aromatic carbocycles. The number of amides is 1. The third-order valence-electron chi connectivity index (χ3n) is 3.98. The minimum atomic E-state index is -0.464. The van der Waals surface area contributed by atoms with Crippen molar-refractivity contribution in [2.24, 2.45) is 0 Å². The minimum Gasteiger partial charge on any atom is -0.336 e. The van der Waals surface area contributed by atoms with Gasteiger partial charge >= 0.3 is 0 Å². The van der Waals surface area contributed by atoms with Gasteiger partial charge in [0.25, 0.3) is 5.91 Å². The Labute approximate surface area is 127 Å². The van der Waals surface area contributed by atoms with Crippen LogP contribution < -0.4 is 0 Å². The number of halogens is 2. The monoisotopic (exact) mass is 342 g/mol. The van der Waals surface area contributed by atoms with E-state index in [1.165, 1.54) is 6.07 Å². The third kappa shape index (κ3) is 3.38. The average molecular weight is 343 g/mol. The molecule has 0 spiro atoms. The Hall–Kier alpha value is -0.940. The second kappa shape index (κ2) is 6.68. The van der Waals surface area contributed by atoms with Crippen LogP contribution in [-0.2, 0) is 0 Å². The van der Waals surface area contributed by atoms with Gasteiger partial charge in [-0.15, -0.1) is 0 Å². The SMILES string of the molecule is CCC(C)N1CCN(C(=O)c2ccc(Br)cc2F)CC1. The molecule has 5 heteroatoms. The lowest BCUT2D eigenvalue weighted by atomic mass is 10.1. The summed E-state index contributed by atoms with van der Waals surface area (Å²) in [4.78, 5) is 16.4. The fourth-order valence-electron chi connectivity index (χ4n) is 2.46. The maximum Gasteiger partial charge on any atom is 0.256 e.